The van der Waals surface area contributed by atoms with Gasteiger partial charge < -0.3 is 15.3 Å². The van der Waals surface area contributed by atoms with Crippen molar-refractivity contribution in [2.24, 2.45) is 5.92 Å². The molecule has 4 rings (SSSR count). The topological polar surface area (TPSA) is 109 Å². The van der Waals surface area contributed by atoms with Crippen molar-refractivity contribution in [2.45, 2.75) is 65.2 Å². The maximum atomic E-state index is 13.4. The van der Waals surface area contributed by atoms with Gasteiger partial charge in [-0.2, -0.15) is 9.61 Å². The van der Waals surface area contributed by atoms with E-state index in [1.165, 1.54) is 15.2 Å². The van der Waals surface area contributed by atoms with Crippen LogP contribution in [0.15, 0.2) is 10.9 Å². The number of carbonyl (C=O) groups excluding carboxylic acids is 2. The van der Waals surface area contributed by atoms with Crippen LogP contribution in [0, 0.1) is 12.8 Å². The van der Waals surface area contributed by atoms with E-state index in [0.717, 1.165) is 12.8 Å². The standard InChI is InChI=1S/C23H30FN5O4/c1-13(2)12-28-21-17(6-7-18(30)27-10-8-15(24)9-11-27)14(3)26-29(21)23(33)19(22(28)32)20(31)25-16-4-5-16/h6-7,13,15-16,33H,4-5,8-12H2,1-3H3,(H,25,31)/b7-6+. The molecule has 1 saturated heterocycles. The Bertz CT molecular complexity index is 1170. The van der Waals surface area contributed by atoms with Gasteiger partial charge in [0.1, 0.15) is 11.8 Å². The second-order valence-corrected chi connectivity index (χ2v) is 9.32. The summed E-state index contributed by atoms with van der Waals surface area (Å²) in [6, 6.07) is 0.0249. The normalized spacial score (nSPS) is 17.4. The molecule has 10 heteroatoms. The minimum Gasteiger partial charge on any atom is -0.492 e. The Balaban J connectivity index is 1.77. The molecule has 2 fully saturated rings. The first kappa shape index (κ1) is 23.0. The van der Waals surface area contributed by atoms with Crippen molar-refractivity contribution >= 4 is 23.5 Å². The van der Waals surface area contributed by atoms with Gasteiger partial charge in [0.15, 0.2) is 5.56 Å². The predicted octanol–water partition coefficient (Wildman–Crippen LogP) is 2.03. The number of aromatic hydroxyl groups is 1. The SMILES string of the molecule is Cc1nn2c(O)c(C(=O)NC3CC3)c(=O)n(CC(C)C)c2c1/C=C/C(=O)N1CCC(F)CC1. The summed E-state index contributed by atoms with van der Waals surface area (Å²) in [5.41, 5.74) is 0.383. The lowest BCUT2D eigenvalue weighted by molar-refractivity contribution is -0.127. The molecule has 178 valence electrons. The maximum Gasteiger partial charge on any atom is 0.270 e. The summed E-state index contributed by atoms with van der Waals surface area (Å²) in [6.45, 7) is 6.61. The molecule has 1 aliphatic heterocycles. The molecule has 2 aromatic heterocycles. The number of halogens is 1. The Morgan fingerprint density at radius 3 is 2.52 bits per heavy atom. The zero-order valence-corrected chi connectivity index (χ0v) is 19.2. The highest BCUT2D eigenvalue weighted by Crippen LogP contribution is 2.25. The molecule has 33 heavy (non-hydrogen) atoms. The molecule has 0 radical (unpaired) electrons. The van der Waals surface area contributed by atoms with Crippen LogP contribution in [0.4, 0.5) is 4.39 Å². The van der Waals surface area contributed by atoms with Crippen LogP contribution in [0.25, 0.3) is 11.7 Å². The average molecular weight is 460 g/mol. The van der Waals surface area contributed by atoms with E-state index >= 15 is 0 Å². The lowest BCUT2D eigenvalue weighted by atomic mass is 10.1. The van der Waals surface area contributed by atoms with E-state index in [1.807, 2.05) is 13.8 Å². The summed E-state index contributed by atoms with van der Waals surface area (Å²) in [6.07, 6.45) is 4.42. The number of piperidine rings is 1. The molecule has 1 saturated carbocycles. The van der Waals surface area contributed by atoms with Gasteiger partial charge in [0.2, 0.25) is 11.8 Å². The summed E-state index contributed by atoms with van der Waals surface area (Å²) in [4.78, 5) is 40.2. The molecule has 0 atom stereocenters. The number of aryl methyl sites for hydroxylation is 1. The molecule has 0 bridgehead atoms. The summed E-state index contributed by atoms with van der Waals surface area (Å²) >= 11 is 0. The molecule has 2 amide bonds. The highest BCUT2D eigenvalue weighted by molar-refractivity contribution is 5.97. The number of rotatable bonds is 6. The van der Waals surface area contributed by atoms with Crippen LogP contribution in [0.5, 0.6) is 5.88 Å². The highest BCUT2D eigenvalue weighted by Gasteiger charge is 2.30. The Hall–Kier alpha value is -3.17. The fraction of sp³-hybridized carbons (Fsp3) is 0.565. The largest absolute Gasteiger partial charge is 0.492 e. The van der Waals surface area contributed by atoms with Crippen molar-refractivity contribution in [1.82, 2.24) is 24.4 Å². The molecule has 0 unspecified atom stereocenters. The lowest BCUT2D eigenvalue weighted by Gasteiger charge is -2.27. The van der Waals surface area contributed by atoms with Gasteiger partial charge in [0, 0.05) is 37.3 Å². The van der Waals surface area contributed by atoms with E-state index in [1.54, 1.807) is 17.9 Å². The van der Waals surface area contributed by atoms with E-state index < -0.39 is 23.5 Å². The Morgan fingerprint density at radius 2 is 1.91 bits per heavy atom. The number of nitrogens with zero attached hydrogens (tertiary/aromatic N) is 4. The first-order valence-electron chi connectivity index (χ1n) is 11.4. The third-order valence-corrected chi connectivity index (χ3v) is 6.04. The molecule has 2 N–H and O–H groups in total. The average Bonchev–Trinajstić information content (AvgIpc) is 3.50. The van der Waals surface area contributed by atoms with Crippen molar-refractivity contribution in [3.8, 4) is 5.88 Å². The predicted molar refractivity (Wildman–Crippen MR) is 121 cm³/mol. The first-order valence-corrected chi connectivity index (χ1v) is 11.4. The van der Waals surface area contributed by atoms with E-state index in [2.05, 4.69) is 10.4 Å². The van der Waals surface area contributed by atoms with Gasteiger partial charge in [0.05, 0.1) is 5.69 Å². The monoisotopic (exact) mass is 459 g/mol. The van der Waals surface area contributed by atoms with E-state index in [0.29, 0.717) is 49.4 Å². The molecular formula is C23H30FN5O4. The molecule has 0 spiro atoms. The van der Waals surface area contributed by atoms with Gasteiger partial charge in [0.25, 0.3) is 11.5 Å². The minimum atomic E-state index is -0.875. The molecule has 9 nitrogen and oxygen atoms in total. The van der Waals surface area contributed by atoms with Crippen LogP contribution in [0.3, 0.4) is 0 Å². The maximum absolute atomic E-state index is 13.4. The minimum absolute atomic E-state index is 0.0249. The van der Waals surface area contributed by atoms with Crippen molar-refractivity contribution in [3.63, 3.8) is 0 Å². The van der Waals surface area contributed by atoms with Crippen molar-refractivity contribution in [3.05, 3.63) is 33.3 Å². The molecule has 0 aromatic carbocycles. The van der Waals surface area contributed by atoms with E-state index in [9.17, 15) is 23.9 Å². The number of hydrogen-bond donors (Lipinski definition) is 2. The second-order valence-electron chi connectivity index (χ2n) is 9.32. The number of aromatic nitrogens is 3. The quantitative estimate of drug-likeness (QED) is 0.643. The van der Waals surface area contributed by atoms with Crippen molar-refractivity contribution < 1.29 is 19.1 Å². The third kappa shape index (κ3) is 4.65. The van der Waals surface area contributed by atoms with Crippen LogP contribution in [0.2, 0.25) is 0 Å². The molecular weight excluding hydrogens is 429 g/mol. The fourth-order valence-electron chi connectivity index (χ4n) is 4.11. The number of nitrogens with one attached hydrogen (secondary N) is 1. The summed E-state index contributed by atoms with van der Waals surface area (Å²) in [7, 11) is 0. The summed E-state index contributed by atoms with van der Waals surface area (Å²) in [5.74, 6) is -1.31. The Kier molecular flexibility index (Phi) is 6.27. The van der Waals surface area contributed by atoms with Gasteiger partial charge in [-0.1, -0.05) is 13.8 Å². The molecule has 3 heterocycles. The zero-order chi connectivity index (χ0) is 23.9. The second kappa shape index (κ2) is 8.99. The number of alkyl halides is 1. The van der Waals surface area contributed by atoms with Crippen molar-refractivity contribution in [2.75, 3.05) is 13.1 Å². The number of amides is 2. The summed E-state index contributed by atoms with van der Waals surface area (Å²) in [5, 5.41) is 17.9. The van der Waals surface area contributed by atoms with Gasteiger partial charge in [-0.3, -0.25) is 19.0 Å². The van der Waals surface area contributed by atoms with Gasteiger partial charge in [-0.05, 0) is 44.6 Å². The van der Waals surface area contributed by atoms with E-state index in [4.69, 9.17) is 0 Å². The number of likely N-dealkylation sites (tertiary alicyclic amines) is 1. The zero-order valence-electron chi connectivity index (χ0n) is 19.2. The van der Waals surface area contributed by atoms with Gasteiger partial charge in [-0.25, -0.2) is 4.39 Å². The molecule has 1 aliphatic carbocycles. The van der Waals surface area contributed by atoms with Crippen LogP contribution >= 0.6 is 0 Å². The van der Waals surface area contributed by atoms with Crippen LogP contribution in [0.1, 0.15) is 61.1 Å². The van der Waals surface area contributed by atoms with Crippen LogP contribution in [-0.2, 0) is 11.3 Å². The number of fused-ring (bicyclic) bond motifs is 1. The van der Waals surface area contributed by atoms with Crippen molar-refractivity contribution in [1.29, 1.82) is 0 Å². The Morgan fingerprint density at radius 1 is 1.24 bits per heavy atom. The van der Waals surface area contributed by atoms with Crippen LogP contribution in [-0.4, -0.2) is 61.3 Å². The number of carbonyl (C=O) groups is 2. The molecule has 2 aromatic rings. The number of hydrogen-bond acceptors (Lipinski definition) is 5. The third-order valence-electron chi connectivity index (χ3n) is 6.04. The van der Waals surface area contributed by atoms with E-state index in [-0.39, 0.29) is 23.4 Å². The highest BCUT2D eigenvalue weighted by atomic mass is 19.1. The van der Waals surface area contributed by atoms with Gasteiger partial charge >= 0.3 is 0 Å². The molecule has 2 aliphatic rings. The summed E-state index contributed by atoms with van der Waals surface area (Å²) < 4.78 is 16.0. The van der Waals surface area contributed by atoms with Gasteiger partial charge in [-0.15, -0.1) is 0 Å². The smallest absolute Gasteiger partial charge is 0.270 e. The lowest BCUT2D eigenvalue weighted by Crippen LogP contribution is -2.38. The fourth-order valence-corrected chi connectivity index (χ4v) is 4.11. The van der Waals surface area contributed by atoms with Crippen LogP contribution < -0.4 is 10.9 Å². The Labute approximate surface area is 190 Å². The first-order chi connectivity index (χ1) is 15.7.